The molecule has 16 heavy (non-hydrogen) atoms. The lowest BCUT2D eigenvalue weighted by Gasteiger charge is -2.00. The molecule has 1 amide bonds. The zero-order valence-electron chi connectivity index (χ0n) is 7.77. The standard InChI is InChI=1S/C9H5ClN2OS3/c10-6-3-1-5(2-4-6)7(13)11-8-12-9(14)16-15-8/h1-4H,(H,11,12,13,14). The Hall–Kier alpha value is -0.820. The minimum absolute atomic E-state index is 0.215. The van der Waals surface area contributed by atoms with Crippen LogP contribution in [0.3, 0.4) is 0 Å². The number of rotatable bonds is 2. The molecule has 0 aliphatic heterocycles. The predicted octanol–water partition coefficient (Wildman–Crippen LogP) is 3.84. The first-order valence-electron chi connectivity index (χ1n) is 4.19. The van der Waals surface area contributed by atoms with E-state index in [0.29, 0.717) is 19.7 Å². The summed E-state index contributed by atoms with van der Waals surface area (Å²) in [5.41, 5.74) is 0.538. The summed E-state index contributed by atoms with van der Waals surface area (Å²) in [6.45, 7) is 0. The van der Waals surface area contributed by atoms with E-state index in [9.17, 15) is 4.79 Å². The van der Waals surface area contributed by atoms with Crippen molar-refractivity contribution in [3.63, 3.8) is 0 Å². The molecule has 0 aliphatic carbocycles. The molecule has 0 spiro atoms. The van der Waals surface area contributed by atoms with Crippen LogP contribution in [0.2, 0.25) is 5.02 Å². The van der Waals surface area contributed by atoms with Gasteiger partial charge in [0.05, 0.1) is 0 Å². The van der Waals surface area contributed by atoms with Gasteiger partial charge in [-0.3, -0.25) is 10.1 Å². The molecule has 2 rings (SSSR count). The van der Waals surface area contributed by atoms with E-state index >= 15 is 0 Å². The molecule has 0 saturated carbocycles. The third-order valence-electron chi connectivity index (χ3n) is 1.71. The fourth-order valence-electron chi connectivity index (χ4n) is 1.01. The summed E-state index contributed by atoms with van der Waals surface area (Å²) in [4.78, 5) is 15.7. The van der Waals surface area contributed by atoms with Crippen molar-refractivity contribution in [1.82, 2.24) is 4.98 Å². The third-order valence-corrected chi connectivity index (χ3v) is 4.49. The van der Waals surface area contributed by atoms with Crippen molar-refractivity contribution < 1.29 is 4.79 Å². The second kappa shape index (κ2) is 5.01. The molecule has 2 aromatic rings. The van der Waals surface area contributed by atoms with Crippen molar-refractivity contribution in [1.29, 1.82) is 0 Å². The molecule has 0 fully saturated rings. The van der Waals surface area contributed by atoms with E-state index < -0.39 is 0 Å². The van der Waals surface area contributed by atoms with Gasteiger partial charge in [-0.05, 0) is 57.2 Å². The van der Waals surface area contributed by atoms with Crippen molar-refractivity contribution >= 4 is 55.5 Å². The van der Waals surface area contributed by atoms with Gasteiger partial charge in [0.1, 0.15) is 0 Å². The third kappa shape index (κ3) is 2.85. The first-order chi connectivity index (χ1) is 7.65. The van der Waals surface area contributed by atoms with Gasteiger partial charge >= 0.3 is 0 Å². The lowest BCUT2D eigenvalue weighted by atomic mass is 10.2. The van der Waals surface area contributed by atoms with E-state index in [1.165, 1.54) is 20.7 Å². The number of aromatic nitrogens is 1. The maximum Gasteiger partial charge on any atom is 0.257 e. The molecular weight excluding hydrogens is 284 g/mol. The number of hydrogen-bond acceptors (Lipinski definition) is 5. The van der Waals surface area contributed by atoms with Gasteiger partial charge < -0.3 is 0 Å². The number of anilines is 1. The lowest BCUT2D eigenvalue weighted by molar-refractivity contribution is 0.102. The van der Waals surface area contributed by atoms with E-state index in [4.69, 9.17) is 23.8 Å². The number of carbonyl (C=O) groups excluding carboxylic acids is 1. The highest BCUT2D eigenvalue weighted by molar-refractivity contribution is 7.79. The van der Waals surface area contributed by atoms with Crippen LogP contribution in [-0.4, -0.2) is 10.9 Å². The molecule has 0 radical (unpaired) electrons. The number of benzene rings is 1. The zero-order valence-corrected chi connectivity index (χ0v) is 11.0. The number of hydrogen-bond donors (Lipinski definition) is 1. The number of amides is 1. The Kier molecular flexibility index (Phi) is 3.65. The molecule has 1 N–H and O–H groups in total. The van der Waals surface area contributed by atoms with Crippen LogP contribution in [0.15, 0.2) is 24.3 Å². The molecule has 82 valence electrons. The molecule has 0 saturated heterocycles. The Morgan fingerprint density at radius 3 is 2.56 bits per heavy atom. The van der Waals surface area contributed by atoms with Gasteiger partial charge in [0.15, 0.2) is 3.95 Å². The Morgan fingerprint density at radius 1 is 1.31 bits per heavy atom. The summed E-state index contributed by atoms with van der Waals surface area (Å²) in [5, 5.41) is 3.79. The average molecular weight is 289 g/mol. The summed E-state index contributed by atoms with van der Waals surface area (Å²) >= 11 is 10.6. The van der Waals surface area contributed by atoms with Crippen molar-refractivity contribution in [2.75, 3.05) is 5.32 Å². The quantitative estimate of drug-likeness (QED) is 0.674. The zero-order chi connectivity index (χ0) is 11.5. The molecule has 1 heterocycles. The minimum Gasteiger partial charge on any atom is -0.297 e. The second-order valence-electron chi connectivity index (χ2n) is 2.81. The van der Waals surface area contributed by atoms with E-state index in [2.05, 4.69) is 10.3 Å². The molecule has 0 bridgehead atoms. The maximum atomic E-state index is 11.7. The molecule has 0 aliphatic rings. The minimum atomic E-state index is -0.215. The molecule has 1 aromatic carbocycles. The van der Waals surface area contributed by atoms with Crippen molar-refractivity contribution in [2.45, 2.75) is 0 Å². The number of nitrogens with one attached hydrogen (secondary N) is 1. The van der Waals surface area contributed by atoms with Gasteiger partial charge in [0.2, 0.25) is 5.13 Å². The van der Waals surface area contributed by atoms with Crippen LogP contribution < -0.4 is 5.32 Å². The highest BCUT2D eigenvalue weighted by Crippen LogP contribution is 2.19. The first kappa shape index (κ1) is 11.7. The monoisotopic (exact) mass is 288 g/mol. The topological polar surface area (TPSA) is 42.0 Å². The van der Waals surface area contributed by atoms with Crippen LogP contribution in [0, 0.1) is 3.95 Å². The van der Waals surface area contributed by atoms with Crippen LogP contribution in [0.5, 0.6) is 0 Å². The Morgan fingerprint density at radius 2 is 2.00 bits per heavy atom. The van der Waals surface area contributed by atoms with E-state index in [1.807, 2.05) is 0 Å². The summed E-state index contributed by atoms with van der Waals surface area (Å²) < 4.78 is 0.524. The van der Waals surface area contributed by atoms with Gasteiger partial charge in [-0.25, -0.2) is 0 Å². The molecule has 0 unspecified atom stereocenters. The van der Waals surface area contributed by atoms with Crippen LogP contribution in [0.1, 0.15) is 10.4 Å². The summed E-state index contributed by atoms with van der Waals surface area (Å²) in [5.74, 6) is -0.215. The lowest BCUT2D eigenvalue weighted by Crippen LogP contribution is -2.11. The normalized spacial score (nSPS) is 10.1. The number of carbonyl (C=O) groups is 1. The van der Waals surface area contributed by atoms with Gasteiger partial charge in [0.25, 0.3) is 5.91 Å². The Balaban J connectivity index is 2.14. The molecular formula is C9H5ClN2OS3. The fourth-order valence-corrected chi connectivity index (χ4v) is 2.99. The Labute approximate surface area is 109 Å². The van der Waals surface area contributed by atoms with Crippen molar-refractivity contribution in [3.05, 3.63) is 38.8 Å². The first-order valence-corrected chi connectivity index (χ1v) is 7.13. The van der Waals surface area contributed by atoms with Crippen molar-refractivity contribution in [3.8, 4) is 0 Å². The largest absolute Gasteiger partial charge is 0.297 e. The molecule has 0 atom stereocenters. The predicted molar refractivity (Wildman–Crippen MR) is 70.2 cm³/mol. The van der Waals surface area contributed by atoms with E-state index in [-0.39, 0.29) is 5.91 Å². The van der Waals surface area contributed by atoms with Gasteiger partial charge in [0, 0.05) is 10.6 Å². The van der Waals surface area contributed by atoms with Crippen molar-refractivity contribution in [2.24, 2.45) is 0 Å². The highest BCUT2D eigenvalue weighted by Gasteiger charge is 2.07. The van der Waals surface area contributed by atoms with Crippen LogP contribution >= 0.6 is 44.5 Å². The van der Waals surface area contributed by atoms with Crippen LogP contribution in [0.4, 0.5) is 5.13 Å². The highest BCUT2D eigenvalue weighted by atomic mass is 35.5. The van der Waals surface area contributed by atoms with E-state index in [1.54, 1.807) is 24.3 Å². The van der Waals surface area contributed by atoms with Crippen LogP contribution in [-0.2, 0) is 0 Å². The van der Waals surface area contributed by atoms with Crippen LogP contribution in [0.25, 0.3) is 0 Å². The van der Waals surface area contributed by atoms with Gasteiger partial charge in [-0.15, -0.1) is 0 Å². The average Bonchev–Trinajstić information content (AvgIpc) is 2.65. The SMILES string of the molecule is O=C(Nc1nc(=S)ss1)c1ccc(Cl)cc1. The fraction of sp³-hybridized carbons (Fsp3) is 0. The maximum absolute atomic E-state index is 11.7. The molecule has 1 aromatic heterocycles. The second-order valence-corrected chi connectivity index (χ2v) is 6.00. The van der Waals surface area contributed by atoms with Gasteiger partial charge in [-0.2, -0.15) is 4.98 Å². The smallest absolute Gasteiger partial charge is 0.257 e. The van der Waals surface area contributed by atoms with E-state index in [0.717, 1.165) is 0 Å². The summed E-state index contributed by atoms with van der Waals surface area (Å²) in [7, 11) is 2.70. The Bertz CT molecular complexity index is 561. The number of nitrogens with zero attached hydrogens (tertiary/aromatic N) is 1. The number of halogens is 1. The summed E-state index contributed by atoms with van der Waals surface area (Å²) in [6, 6.07) is 6.64. The van der Waals surface area contributed by atoms with Gasteiger partial charge in [-0.1, -0.05) is 11.6 Å². The molecule has 7 heteroatoms. The molecule has 3 nitrogen and oxygen atoms in total. The summed E-state index contributed by atoms with van der Waals surface area (Å²) in [6.07, 6.45) is 0.